The lowest BCUT2D eigenvalue weighted by molar-refractivity contribution is 0.559. The van der Waals surface area contributed by atoms with Gasteiger partial charge in [-0.15, -0.1) is 0 Å². The zero-order chi connectivity index (χ0) is 9.12. The monoisotopic (exact) mass is 224 g/mol. The molecule has 0 rings (SSSR count). The Morgan fingerprint density at radius 1 is 1.09 bits per heavy atom. The molecule has 0 aliphatic heterocycles. The van der Waals surface area contributed by atoms with Crippen LogP contribution < -0.4 is 0 Å². The van der Waals surface area contributed by atoms with Crippen LogP contribution in [0.5, 0.6) is 0 Å². The second-order valence-corrected chi connectivity index (χ2v) is 21.5. The fraction of sp³-hybridized carbons (Fsp3) is 1.00. The van der Waals surface area contributed by atoms with Gasteiger partial charge in [0.2, 0.25) is 0 Å². The van der Waals surface area contributed by atoms with E-state index in [-0.39, 0.29) is 9.28 Å². The summed E-state index contributed by atoms with van der Waals surface area (Å²) in [6.07, 6.45) is 0. The average molecular weight is 225 g/mol. The molecule has 0 spiro atoms. The van der Waals surface area contributed by atoms with Crippen LogP contribution in [-0.2, 0) is 8.23 Å². The van der Waals surface area contributed by atoms with Gasteiger partial charge in [0.1, 0.15) is 10.5 Å². The van der Waals surface area contributed by atoms with Crippen molar-refractivity contribution in [1.29, 1.82) is 0 Å². The summed E-state index contributed by atoms with van der Waals surface area (Å²) >= 11 is 0. The lowest BCUT2D eigenvalue weighted by atomic mass is 11.8. The van der Waals surface area contributed by atoms with Crippen LogP contribution in [-0.4, -0.2) is 35.9 Å². The van der Waals surface area contributed by atoms with E-state index in [2.05, 4.69) is 32.7 Å². The molecule has 0 aromatic heterocycles. The first-order valence-corrected chi connectivity index (χ1v) is 14.0. The van der Waals surface area contributed by atoms with Crippen molar-refractivity contribution in [2.45, 2.75) is 32.7 Å². The fourth-order valence-corrected chi connectivity index (χ4v) is 21.5. The Bertz CT molecular complexity index is 120. The maximum atomic E-state index is 6.10. The van der Waals surface area contributed by atoms with Crippen LogP contribution in [0.2, 0.25) is 32.7 Å². The molecule has 0 fully saturated rings. The highest BCUT2D eigenvalue weighted by Gasteiger charge is 2.29. The summed E-state index contributed by atoms with van der Waals surface area (Å²) in [5.74, 6) is 0. The Kier molecular flexibility index (Phi) is 4.44. The molecule has 0 aromatic carbocycles. The lowest BCUT2D eigenvalue weighted by Crippen LogP contribution is -2.48. The maximum absolute atomic E-state index is 6.10. The second-order valence-electron chi connectivity index (χ2n) is 4.41. The number of hydrogen-bond acceptors (Lipinski definition) is 2. The Balaban J connectivity index is 3.91. The molecule has 0 bridgehead atoms. The molecule has 0 unspecified atom stereocenters. The van der Waals surface area contributed by atoms with E-state index in [1.54, 1.807) is 0 Å². The van der Waals surface area contributed by atoms with Crippen LogP contribution in [0.25, 0.3) is 0 Å². The van der Waals surface area contributed by atoms with Gasteiger partial charge in [-0.05, 0) is 32.7 Å². The van der Waals surface area contributed by atoms with Gasteiger partial charge in [0.15, 0.2) is 25.4 Å². The van der Waals surface area contributed by atoms with Gasteiger partial charge < -0.3 is 8.23 Å². The quantitative estimate of drug-likeness (QED) is 0.622. The van der Waals surface area contributed by atoms with Crippen molar-refractivity contribution in [2.75, 3.05) is 0 Å². The highest BCUT2D eigenvalue weighted by Crippen LogP contribution is 2.12. The van der Waals surface area contributed by atoms with Crippen LogP contribution in [0.15, 0.2) is 0 Å². The van der Waals surface area contributed by atoms with E-state index in [9.17, 15) is 0 Å². The van der Waals surface area contributed by atoms with Crippen molar-refractivity contribution < 1.29 is 8.23 Å². The highest BCUT2D eigenvalue weighted by atomic mass is 29.2. The van der Waals surface area contributed by atoms with Gasteiger partial charge in [0.25, 0.3) is 0 Å². The molecule has 0 aliphatic carbocycles. The van der Waals surface area contributed by atoms with Crippen LogP contribution in [0.4, 0.5) is 0 Å². The summed E-state index contributed by atoms with van der Waals surface area (Å²) in [6, 6.07) is 0. The Morgan fingerprint density at radius 3 is 1.82 bits per heavy atom. The second kappa shape index (κ2) is 4.15. The van der Waals surface area contributed by atoms with Crippen LogP contribution >= 0.6 is 0 Å². The Labute approximate surface area is 77.2 Å². The topological polar surface area (TPSA) is 18.5 Å². The molecule has 2 nitrogen and oxygen atoms in total. The molecule has 0 heterocycles. The summed E-state index contributed by atoms with van der Waals surface area (Å²) in [6.45, 7) is 11.3. The molecule has 68 valence electrons. The van der Waals surface area contributed by atoms with Gasteiger partial charge in [0.05, 0.1) is 0 Å². The minimum absolute atomic E-state index is 0.317. The van der Waals surface area contributed by atoms with Crippen molar-refractivity contribution in [2.24, 2.45) is 0 Å². The molecular weight excluding hydrogens is 204 g/mol. The molecule has 0 amide bonds. The van der Waals surface area contributed by atoms with Gasteiger partial charge >= 0.3 is 0 Å². The molecule has 0 saturated carbocycles. The lowest BCUT2D eigenvalue weighted by Gasteiger charge is -2.30. The standard InChI is InChI=1S/C5H20O2Si4/c1-10(2,3)7-11(4,5)9-6-8/h9H2,1-5,8H3. The van der Waals surface area contributed by atoms with Crippen molar-refractivity contribution in [1.82, 2.24) is 0 Å². The summed E-state index contributed by atoms with van der Waals surface area (Å²) < 4.78 is 11.5. The molecule has 0 atom stereocenters. The summed E-state index contributed by atoms with van der Waals surface area (Å²) in [5, 5.41) is 0. The highest BCUT2D eigenvalue weighted by molar-refractivity contribution is 7.20. The van der Waals surface area contributed by atoms with Crippen LogP contribution in [0.1, 0.15) is 0 Å². The molecule has 0 saturated heterocycles. The molecule has 0 N–H and O–H groups in total. The summed E-state index contributed by atoms with van der Waals surface area (Å²) in [5.41, 5.74) is 0. The Hall–Kier alpha value is 0.788. The fourth-order valence-electron chi connectivity index (χ4n) is 1.21. The number of rotatable bonds is 4. The molecule has 0 aliphatic rings. The van der Waals surface area contributed by atoms with Crippen LogP contribution in [0.3, 0.4) is 0 Å². The van der Waals surface area contributed by atoms with Gasteiger partial charge in [0, 0.05) is 0 Å². The minimum Gasteiger partial charge on any atom is -0.468 e. The minimum atomic E-state index is -1.33. The van der Waals surface area contributed by atoms with E-state index in [1.807, 2.05) is 0 Å². The zero-order valence-corrected chi connectivity index (χ0v) is 13.9. The third-order valence-electron chi connectivity index (χ3n) is 1.07. The van der Waals surface area contributed by atoms with Crippen molar-refractivity contribution in [3.05, 3.63) is 0 Å². The largest absolute Gasteiger partial charge is 0.468 e. The maximum Gasteiger partial charge on any atom is 0.183 e. The van der Waals surface area contributed by atoms with Crippen molar-refractivity contribution in [3.8, 4) is 0 Å². The number of hydrogen-bond donors (Lipinski definition) is 0. The first-order valence-electron chi connectivity index (χ1n) is 3.96. The van der Waals surface area contributed by atoms with E-state index in [1.165, 1.54) is 0 Å². The van der Waals surface area contributed by atoms with E-state index in [4.69, 9.17) is 8.23 Å². The van der Waals surface area contributed by atoms with E-state index < -0.39 is 16.2 Å². The van der Waals surface area contributed by atoms with Crippen molar-refractivity contribution in [3.63, 3.8) is 0 Å². The SMILES string of the molecule is C[Si](C)(C)O[Si](C)(C)[SiH2]O[SiH3]. The van der Waals surface area contributed by atoms with Gasteiger partial charge in [-0.25, -0.2) is 0 Å². The summed E-state index contributed by atoms with van der Waals surface area (Å²) in [7, 11) is -2.05. The predicted octanol–water partition coefficient (Wildman–Crippen LogP) is -0.0795. The van der Waals surface area contributed by atoms with E-state index >= 15 is 0 Å². The molecule has 0 radical (unpaired) electrons. The molecule has 6 heteroatoms. The van der Waals surface area contributed by atoms with E-state index in [0.717, 1.165) is 10.5 Å². The first kappa shape index (κ1) is 11.8. The third kappa shape index (κ3) is 7.16. The van der Waals surface area contributed by atoms with Crippen LogP contribution in [0, 0.1) is 0 Å². The van der Waals surface area contributed by atoms with Gasteiger partial charge in [-0.1, -0.05) is 0 Å². The molecule has 11 heavy (non-hydrogen) atoms. The smallest absolute Gasteiger partial charge is 0.183 e. The van der Waals surface area contributed by atoms with E-state index in [0.29, 0.717) is 0 Å². The van der Waals surface area contributed by atoms with Crippen molar-refractivity contribution >= 4 is 35.9 Å². The average Bonchev–Trinajstić information content (AvgIpc) is 1.55. The van der Waals surface area contributed by atoms with Gasteiger partial charge in [-0.3, -0.25) is 0 Å². The Morgan fingerprint density at radius 2 is 1.55 bits per heavy atom. The molecular formula is C5H20O2Si4. The molecule has 0 aromatic rings. The zero-order valence-electron chi connectivity index (χ0n) is 8.52. The summed E-state index contributed by atoms with van der Waals surface area (Å²) in [4.78, 5) is 0. The predicted molar refractivity (Wildman–Crippen MR) is 61.5 cm³/mol. The van der Waals surface area contributed by atoms with Gasteiger partial charge in [-0.2, -0.15) is 0 Å². The normalized spacial score (nSPS) is 15.0. The first-order chi connectivity index (χ1) is 4.77. The third-order valence-corrected chi connectivity index (χ3v) is 13.6.